The molecule has 0 atom stereocenters. The van der Waals surface area contributed by atoms with Crippen LogP contribution in [0.3, 0.4) is 0 Å². The van der Waals surface area contributed by atoms with Crippen LogP contribution in [0.4, 0.5) is 10.1 Å². The Morgan fingerprint density at radius 3 is 2.68 bits per heavy atom. The Bertz CT molecular complexity index is 1350. The largest absolute Gasteiger partial charge is 0.451 e. The number of hydrogen-bond donors (Lipinski definition) is 1. The lowest BCUT2D eigenvalue weighted by Crippen LogP contribution is -2.21. The van der Waals surface area contributed by atoms with Crippen molar-refractivity contribution in [2.45, 2.75) is 33.1 Å². The molecule has 2 aromatic carbocycles. The summed E-state index contributed by atoms with van der Waals surface area (Å²) in [5, 5.41) is 12.2. The molecule has 172 valence electrons. The topological polar surface area (TPSA) is 84.1 Å². The van der Waals surface area contributed by atoms with E-state index < -0.39 is 18.5 Å². The lowest BCUT2D eigenvalue weighted by atomic mass is 10.1. The maximum atomic E-state index is 14.3. The van der Waals surface area contributed by atoms with E-state index in [0.29, 0.717) is 22.6 Å². The van der Waals surface area contributed by atoms with Crippen molar-refractivity contribution in [2.75, 3.05) is 11.9 Å². The second kappa shape index (κ2) is 9.75. The first-order valence-corrected chi connectivity index (χ1v) is 11.0. The SMILES string of the molecule is Cc1cc(C=C(C#N)C(=O)OCC(=O)Nc2ccc3c(c2)CCC3)c(C)n1-c1ccccc1F. The van der Waals surface area contributed by atoms with E-state index in [1.165, 1.54) is 23.3 Å². The number of aryl methyl sites for hydroxylation is 3. The van der Waals surface area contributed by atoms with Gasteiger partial charge in [0.15, 0.2) is 6.61 Å². The van der Waals surface area contributed by atoms with Crippen molar-refractivity contribution in [3.05, 3.63) is 88.0 Å². The number of nitrogens with zero attached hydrogens (tertiary/aromatic N) is 2. The molecule has 1 aromatic heterocycles. The Balaban J connectivity index is 1.44. The Labute approximate surface area is 197 Å². The number of ether oxygens (including phenoxy) is 1. The predicted octanol–water partition coefficient (Wildman–Crippen LogP) is 4.81. The molecule has 0 spiro atoms. The van der Waals surface area contributed by atoms with Crippen LogP contribution in [-0.4, -0.2) is 23.1 Å². The highest BCUT2D eigenvalue weighted by Crippen LogP contribution is 2.26. The van der Waals surface area contributed by atoms with Crippen LogP contribution >= 0.6 is 0 Å². The number of nitriles is 1. The summed E-state index contributed by atoms with van der Waals surface area (Å²) in [5.41, 5.74) is 5.28. The maximum absolute atomic E-state index is 14.3. The third-order valence-electron chi connectivity index (χ3n) is 5.92. The summed E-state index contributed by atoms with van der Waals surface area (Å²) in [5.74, 6) is -1.77. The van der Waals surface area contributed by atoms with Crippen molar-refractivity contribution in [3.8, 4) is 11.8 Å². The molecule has 0 saturated heterocycles. The zero-order valence-corrected chi connectivity index (χ0v) is 19.0. The molecular formula is C27H24FN3O3. The summed E-state index contributed by atoms with van der Waals surface area (Å²) in [6.45, 7) is 3.07. The molecule has 1 aliphatic carbocycles. The molecule has 34 heavy (non-hydrogen) atoms. The van der Waals surface area contributed by atoms with Crippen LogP contribution in [0.15, 0.2) is 54.1 Å². The van der Waals surface area contributed by atoms with E-state index in [2.05, 4.69) is 5.32 Å². The van der Waals surface area contributed by atoms with Crippen molar-refractivity contribution in [2.24, 2.45) is 0 Å². The fourth-order valence-electron chi connectivity index (χ4n) is 4.29. The molecule has 1 N–H and O–H groups in total. The fraction of sp³-hybridized carbons (Fsp3) is 0.222. The molecule has 0 saturated carbocycles. The minimum atomic E-state index is -0.901. The molecule has 7 heteroatoms. The molecule has 3 aromatic rings. The van der Waals surface area contributed by atoms with Crippen LogP contribution in [-0.2, 0) is 27.2 Å². The number of amides is 1. The molecule has 1 aliphatic rings. The Kier molecular flexibility index (Phi) is 6.60. The summed E-state index contributed by atoms with van der Waals surface area (Å²) in [6.07, 6.45) is 4.53. The summed E-state index contributed by atoms with van der Waals surface area (Å²) in [7, 11) is 0. The third kappa shape index (κ3) is 4.76. The number of nitrogens with one attached hydrogen (secondary N) is 1. The second-order valence-corrected chi connectivity index (χ2v) is 8.24. The van der Waals surface area contributed by atoms with E-state index in [1.807, 2.05) is 31.2 Å². The Hall–Kier alpha value is -4.18. The highest BCUT2D eigenvalue weighted by Gasteiger charge is 2.18. The van der Waals surface area contributed by atoms with Crippen LogP contribution in [0.2, 0.25) is 0 Å². The van der Waals surface area contributed by atoms with Gasteiger partial charge in [0.25, 0.3) is 5.91 Å². The zero-order valence-electron chi connectivity index (χ0n) is 19.0. The van der Waals surface area contributed by atoms with Gasteiger partial charge in [0.05, 0.1) is 5.69 Å². The van der Waals surface area contributed by atoms with E-state index >= 15 is 0 Å². The smallest absolute Gasteiger partial charge is 0.349 e. The van der Waals surface area contributed by atoms with Gasteiger partial charge in [-0.1, -0.05) is 18.2 Å². The molecule has 0 aliphatic heterocycles. The lowest BCUT2D eigenvalue weighted by molar-refractivity contribution is -0.142. The number of halogens is 1. The first-order chi connectivity index (χ1) is 16.4. The summed E-state index contributed by atoms with van der Waals surface area (Å²) >= 11 is 0. The predicted molar refractivity (Wildman–Crippen MR) is 127 cm³/mol. The van der Waals surface area contributed by atoms with Gasteiger partial charge in [-0.3, -0.25) is 4.79 Å². The van der Waals surface area contributed by atoms with Crippen LogP contribution < -0.4 is 5.32 Å². The summed E-state index contributed by atoms with van der Waals surface area (Å²) in [4.78, 5) is 24.7. The number of anilines is 1. The van der Waals surface area contributed by atoms with Crippen LogP contribution in [0.5, 0.6) is 0 Å². The number of esters is 1. The van der Waals surface area contributed by atoms with Gasteiger partial charge in [0, 0.05) is 17.1 Å². The monoisotopic (exact) mass is 457 g/mol. The van der Waals surface area contributed by atoms with Crippen LogP contribution in [0.1, 0.15) is 34.5 Å². The molecule has 1 amide bonds. The van der Waals surface area contributed by atoms with Gasteiger partial charge in [-0.05, 0) is 86.2 Å². The van der Waals surface area contributed by atoms with Gasteiger partial charge in [-0.2, -0.15) is 5.26 Å². The Morgan fingerprint density at radius 2 is 1.91 bits per heavy atom. The molecule has 0 unspecified atom stereocenters. The Morgan fingerprint density at radius 1 is 1.15 bits per heavy atom. The van der Waals surface area contributed by atoms with E-state index in [-0.39, 0.29) is 11.4 Å². The van der Waals surface area contributed by atoms with E-state index in [9.17, 15) is 19.2 Å². The first-order valence-electron chi connectivity index (χ1n) is 11.0. The molecular weight excluding hydrogens is 433 g/mol. The average Bonchev–Trinajstić information content (AvgIpc) is 3.39. The number of para-hydroxylation sites is 1. The fourth-order valence-corrected chi connectivity index (χ4v) is 4.29. The third-order valence-corrected chi connectivity index (χ3v) is 5.92. The van der Waals surface area contributed by atoms with Gasteiger partial charge in [-0.15, -0.1) is 0 Å². The molecule has 6 nitrogen and oxygen atoms in total. The van der Waals surface area contributed by atoms with Crippen molar-refractivity contribution in [3.63, 3.8) is 0 Å². The first kappa shape index (κ1) is 23.0. The minimum Gasteiger partial charge on any atom is -0.451 e. The molecule has 4 rings (SSSR count). The summed E-state index contributed by atoms with van der Waals surface area (Å²) in [6, 6.07) is 15.7. The number of fused-ring (bicyclic) bond motifs is 1. The minimum absolute atomic E-state index is 0.251. The van der Waals surface area contributed by atoms with E-state index in [4.69, 9.17) is 4.74 Å². The molecule has 0 radical (unpaired) electrons. The normalized spacial score (nSPS) is 12.7. The molecule has 1 heterocycles. The molecule has 0 bridgehead atoms. The highest BCUT2D eigenvalue weighted by molar-refractivity contribution is 6.00. The van der Waals surface area contributed by atoms with Crippen molar-refractivity contribution in [1.29, 1.82) is 5.26 Å². The van der Waals surface area contributed by atoms with Gasteiger partial charge >= 0.3 is 5.97 Å². The number of aromatic nitrogens is 1. The quantitative estimate of drug-likeness (QED) is 0.327. The summed E-state index contributed by atoms with van der Waals surface area (Å²) < 4.78 is 21.1. The second-order valence-electron chi connectivity index (χ2n) is 8.24. The number of rotatable bonds is 6. The average molecular weight is 458 g/mol. The highest BCUT2D eigenvalue weighted by atomic mass is 19.1. The number of benzene rings is 2. The zero-order chi connectivity index (χ0) is 24.2. The van der Waals surface area contributed by atoms with Crippen molar-refractivity contribution < 1.29 is 18.7 Å². The van der Waals surface area contributed by atoms with Gasteiger partial charge < -0.3 is 14.6 Å². The molecule has 0 fully saturated rings. The number of carbonyl (C=O) groups excluding carboxylic acids is 2. The van der Waals surface area contributed by atoms with Gasteiger partial charge in [0.1, 0.15) is 17.5 Å². The van der Waals surface area contributed by atoms with Gasteiger partial charge in [-0.25, -0.2) is 9.18 Å². The van der Waals surface area contributed by atoms with Crippen molar-refractivity contribution >= 4 is 23.6 Å². The maximum Gasteiger partial charge on any atom is 0.349 e. The number of carbonyl (C=O) groups is 2. The standard InChI is InChI=1S/C27H24FN3O3/c1-17-12-21(18(2)31(17)25-9-4-3-8-24(25)28)13-22(15-29)27(33)34-16-26(32)30-23-11-10-19-6-5-7-20(19)14-23/h3-4,8-14H,5-7,16H2,1-2H3,(H,30,32). The van der Waals surface area contributed by atoms with E-state index in [0.717, 1.165) is 25.0 Å². The van der Waals surface area contributed by atoms with Crippen molar-refractivity contribution in [1.82, 2.24) is 4.57 Å². The lowest BCUT2D eigenvalue weighted by Gasteiger charge is -2.10. The number of hydrogen-bond acceptors (Lipinski definition) is 4. The van der Waals surface area contributed by atoms with Crippen LogP contribution in [0, 0.1) is 31.0 Å². The van der Waals surface area contributed by atoms with Crippen LogP contribution in [0.25, 0.3) is 11.8 Å². The van der Waals surface area contributed by atoms with Gasteiger partial charge in [0.2, 0.25) is 0 Å². The van der Waals surface area contributed by atoms with E-state index in [1.54, 1.807) is 35.8 Å².